The second-order valence-electron chi connectivity index (χ2n) is 12.1. The van der Waals surface area contributed by atoms with Crippen LogP contribution in [0.5, 0.6) is 0 Å². The number of fused-ring (bicyclic) bond motifs is 1. The van der Waals surface area contributed by atoms with Crippen molar-refractivity contribution in [3.8, 4) is 6.07 Å². The lowest BCUT2D eigenvalue weighted by Crippen LogP contribution is -2.40. The zero-order valence-electron chi connectivity index (χ0n) is 24.6. The summed E-state index contributed by atoms with van der Waals surface area (Å²) in [6.45, 7) is 13.6. The predicted molar refractivity (Wildman–Crippen MR) is 161 cm³/mol. The molecule has 0 aliphatic carbocycles. The van der Waals surface area contributed by atoms with Crippen molar-refractivity contribution in [3.63, 3.8) is 0 Å². The highest BCUT2D eigenvalue weighted by atomic mass is 28.3. The van der Waals surface area contributed by atoms with Crippen LogP contribution in [0.15, 0.2) is 42.2 Å². The van der Waals surface area contributed by atoms with Gasteiger partial charge >= 0.3 is 0 Å². The molecule has 0 aliphatic heterocycles. The summed E-state index contributed by atoms with van der Waals surface area (Å²) in [4.78, 5) is 36.0. The first-order valence-corrected chi connectivity index (χ1v) is 16.8. The molecule has 2 amide bonds. The molecule has 0 radical (unpaired) electrons. The van der Waals surface area contributed by atoms with E-state index in [4.69, 9.17) is 9.72 Å². The van der Waals surface area contributed by atoms with Gasteiger partial charge in [0.1, 0.15) is 29.7 Å². The van der Waals surface area contributed by atoms with E-state index in [0.717, 1.165) is 11.7 Å². The molecule has 3 rings (SSSR count). The van der Waals surface area contributed by atoms with E-state index >= 15 is 0 Å². The largest absolute Gasteiger partial charge is 0.361 e. The number of benzene rings is 1. The van der Waals surface area contributed by atoms with E-state index in [2.05, 4.69) is 35.3 Å². The van der Waals surface area contributed by atoms with Crippen molar-refractivity contribution in [2.24, 2.45) is 0 Å². The number of hydrogen-bond acceptors (Lipinski definition) is 7. The minimum absolute atomic E-state index is 0.0528. The number of nitriles is 1. The van der Waals surface area contributed by atoms with Gasteiger partial charge in [-0.3, -0.25) is 9.59 Å². The van der Waals surface area contributed by atoms with Gasteiger partial charge in [-0.25, -0.2) is 9.97 Å². The van der Waals surface area contributed by atoms with Crippen LogP contribution in [0.2, 0.25) is 25.7 Å². The molecule has 0 saturated heterocycles. The number of carbonyl (C=O) groups is 2. The Hall–Kier alpha value is -4.01. The summed E-state index contributed by atoms with van der Waals surface area (Å²) in [5.41, 5.74) is 2.54. The molecule has 0 saturated carbocycles. The van der Waals surface area contributed by atoms with Crippen molar-refractivity contribution in [1.29, 1.82) is 5.26 Å². The number of nitrogens with one attached hydrogen (secondary N) is 2. The molecular weight excluding hydrogens is 522 g/mol. The lowest BCUT2D eigenvalue weighted by atomic mass is 10.1. The highest BCUT2D eigenvalue weighted by Crippen LogP contribution is 2.23. The predicted octanol–water partition coefficient (Wildman–Crippen LogP) is 5.01. The molecule has 212 valence electrons. The van der Waals surface area contributed by atoms with Crippen LogP contribution in [-0.2, 0) is 16.3 Å². The van der Waals surface area contributed by atoms with Gasteiger partial charge in [-0.15, -0.1) is 0 Å². The summed E-state index contributed by atoms with van der Waals surface area (Å²) in [5, 5.41) is 15.6. The summed E-state index contributed by atoms with van der Waals surface area (Å²) in [6, 6.07) is 10.2. The van der Waals surface area contributed by atoms with Gasteiger partial charge in [0.2, 0.25) is 0 Å². The fourth-order valence-electron chi connectivity index (χ4n) is 3.69. The van der Waals surface area contributed by atoms with Crippen LogP contribution in [-0.4, -0.2) is 65.6 Å². The Labute approximate surface area is 237 Å². The van der Waals surface area contributed by atoms with Crippen molar-refractivity contribution in [2.45, 2.75) is 58.7 Å². The number of carbonyl (C=O) groups excluding carboxylic acids is 2. The zero-order valence-corrected chi connectivity index (χ0v) is 25.6. The van der Waals surface area contributed by atoms with Crippen molar-refractivity contribution < 1.29 is 14.3 Å². The fourth-order valence-corrected chi connectivity index (χ4v) is 4.44. The Kier molecular flexibility index (Phi) is 9.50. The first-order chi connectivity index (χ1) is 18.7. The smallest absolute Gasteiger partial charge is 0.264 e. The van der Waals surface area contributed by atoms with Crippen LogP contribution in [0.3, 0.4) is 0 Å². The van der Waals surface area contributed by atoms with E-state index in [9.17, 15) is 14.9 Å². The third-order valence-corrected chi connectivity index (χ3v) is 7.48. The van der Waals surface area contributed by atoms with Gasteiger partial charge in [0.25, 0.3) is 11.8 Å². The van der Waals surface area contributed by atoms with Crippen LogP contribution in [0, 0.1) is 11.3 Å². The molecule has 40 heavy (non-hydrogen) atoms. The fraction of sp³-hybridized carbons (Fsp3) is 0.414. The summed E-state index contributed by atoms with van der Waals surface area (Å²) in [5.74, 6) is -0.118. The third kappa shape index (κ3) is 8.49. The molecule has 0 bridgehead atoms. The van der Waals surface area contributed by atoms with Gasteiger partial charge < -0.3 is 24.8 Å². The van der Waals surface area contributed by atoms with Crippen LogP contribution in [0.1, 0.15) is 36.7 Å². The van der Waals surface area contributed by atoms with Crippen LogP contribution in [0.25, 0.3) is 17.2 Å². The highest BCUT2D eigenvalue weighted by molar-refractivity contribution is 6.76. The molecule has 0 fully saturated rings. The lowest BCUT2D eigenvalue weighted by Gasteiger charge is -2.20. The summed E-state index contributed by atoms with van der Waals surface area (Å²) < 4.78 is 7.75. The van der Waals surface area contributed by atoms with Gasteiger partial charge in [-0.1, -0.05) is 31.8 Å². The number of likely N-dealkylation sites (N-methyl/N-ethyl adjacent to an activating group) is 1. The number of hydrogen-bond donors (Lipinski definition) is 2. The first-order valence-electron chi connectivity index (χ1n) is 13.1. The van der Waals surface area contributed by atoms with Crippen molar-refractivity contribution >= 4 is 48.6 Å². The Morgan fingerprint density at radius 3 is 2.42 bits per heavy atom. The highest BCUT2D eigenvalue weighted by Gasteiger charge is 2.22. The molecule has 0 aliphatic rings. The summed E-state index contributed by atoms with van der Waals surface area (Å²) >= 11 is 0. The number of aromatic nitrogens is 3. The quantitative estimate of drug-likeness (QED) is 0.154. The van der Waals surface area contributed by atoms with Gasteiger partial charge in [0, 0.05) is 46.2 Å². The summed E-state index contributed by atoms with van der Waals surface area (Å²) in [6.07, 6.45) is 4.91. The Balaban J connectivity index is 1.87. The molecule has 2 N–H and O–H groups in total. The minimum atomic E-state index is -1.23. The van der Waals surface area contributed by atoms with E-state index in [1.54, 1.807) is 44.7 Å². The van der Waals surface area contributed by atoms with Gasteiger partial charge in [0.05, 0.1) is 11.8 Å². The van der Waals surface area contributed by atoms with E-state index in [0.29, 0.717) is 34.7 Å². The van der Waals surface area contributed by atoms with Gasteiger partial charge in [0.15, 0.2) is 5.65 Å². The van der Waals surface area contributed by atoms with Crippen molar-refractivity contribution in [2.75, 3.05) is 26.0 Å². The average molecular weight is 562 g/mol. The Bertz CT molecular complexity index is 1440. The number of anilines is 2. The molecule has 3 aromatic rings. The topological polar surface area (TPSA) is 125 Å². The van der Waals surface area contributed by atoms with Crippen LogP contribution in [0.4, 0.5) is 11.5 Å². The standard InChI is InChI=1S/C29H39N7O3Si/c1-29(2,3)34-27(37)23-18-36(19-39-13-14-40(6,7)8)26-25(23)33-24(17-31-26)32-22-11-9-20(10-12-22)15-21(16-30)28(38)35(4)5/h9-12,15,17-18H,13-14,19H2,1-8H3,(H,32,33)(H,34,37)/b21-15+. The molecule has 0 atom stereocenters. The summed E-state index contributed by atoms with van der Waals surface area (Å²) in [7, 11) is 1.98. The molecule has 1 aromatic carbocycles. The van der Waals surface area contributed by atoms with Crippen LogP contribution >= 0.6 is 0 Å². The first kappa shape index (κ1) is 30.5. The molecule has 0 spiro atoms. The van der Waals surface area contributed by atoms with Crippen molar-refractivity contribution in [3.05, 3.63) is 53.4 Å². The average Bonchev–Trinajstić information content (AvgIpc) is 3.22. The molecule has 2 aromatic heterocycles. The minimum Gasteiger partial charge on any atom is -0.361 e. The number of amides is 2. The normalized spacial score (nSPS) is 12.2. The van der Waals surface area contributed by atoms with E-state index in [-0.39, 0.29) is 24.1 Å². The second kappa shape index (κ2) is 12.4. The lowest BCUT2D eigenvalue weighted by molar-refractivity contribution is -0.124. The zero-order chi connectivity index (χ0) is 29.7. The molecule has 2 heterocycles. The Morgan fingerprint density at radius 1 is 1.18 bits per heavy atom. The maximum atomic E-state index is 13.2. The molecule has 0 unspecified atom stereocenters. The number of nitrogens with zero attached hydrogens (tertiary/aromatic N) is 5. The maximum absolute atomic E-state index is 13.2. The SMILES string of the molecule is CN(C)C(=O)/C(C#N)=C/c1ccc(Nc2cnc3c(n2)c(C(=O)NC(C)(C)C)cn3COCC[Si](C)(C)C)cc1. The monoisotopic (exact) mass is 561 g/mol. The number of ether oxygens (including phenoxy) is 1. The molecule has 10 nitrogen and oxygen atoms in total. The van der Waals surface area contributed by atoms with Crippen molar-refractivity contribution in [1.82, 2.24) is 24.8 Å². The van der Waals surface area contributed by atoms with Gasteiger partial charge in [-0.05, 0) is 50.6 Å². The van der Waals surface area contributed by atoms with Crippen LogP contribution < -0.4 is 10.6 Å². The van der Waals surface area contributed by atoms with E-state index in [1.807, 2.05) is 43.5 Å². The Morgan fingerprint density at radius 2 is 1.85 bits per heavy atom. The number of rotatable bonds is 10. The third-order valence-electron chi connectivity index (χ3n) is 5.78. The van der Waals surface area contributed by atoms with E-state index < -0.39 is 13.6 Å². The van der Waals surface area contributed by atoms with E-state index in [1.165, 1.54) is 4.90 Å². The molecule has 11 heteroatoms. The van der Waals surface area contributed by atoms with Gasteiger partial charge in [-0.2, -0.15) is 5.26 Å². The second-order valence-corrected chi connectivity index (χ2v) is 17.7. The maximum Gasteiger partial charge on any atom is 0.264 e. The molecular formula is C29H39N7O3Si.